The molecule has 0 fully saturated rings. The van der Waals surface area contributed by atoms with Gasteiger partial charge >= 0.3 is 0 Å². The second-order valence-corrected chi connectivity index (χ2v) is 2.90. The molecule has 0 aliphatic carbocycles. The first-order chi connectivity index (χ1) is 4.16. The SMILES string of the molecule is C=C(C)CCC(=C)CBr. The Morgan fingerprint density at radius 1 is 1.33 bits per heavy atom. The first kappa shape index (κ1) is 8.96. The van der Waals surface area contributed by atoms with Crippen LogP contribution in [0.3, 0.4) is 0 Å². The molecule has 0 rings (SSSR count). The molecule has 9 heavy (non-hydrogen) atoms. The minimum atomic E-state index is 0.917. The molecular formula is C8H13Br. The Kier molecular flexibility index (Phi) is 4.78. The van der Waals surface area contributed by atoms with E-state index in [2.05, 4.69) is 29.1 Å². The summed E-state index contributed by atoms with van der Waals surface area (Å²) in [6.45, 7) is 9.71. The summed E-state index contributed by atoms with van der Waals surface area (Å²) in [4.78, 5) is 0. The molecule has 0 aromatic heterocycles. The van der Waals surface area contributed by atoms with Gasteiger partial charge in [-0.05, 0) is 19.8 Å². The summed E-state index contributed by atoms with van der Waals surface area (Å²) in [5.74, 6) is 0. The minimum absolute atomic E-state index is 0.917. The standard InChI is InChI=1S/C8H13Br/c1-7(2)4-5-8(3)6-9/h1,3-6H2,2H3. The van der Waals surface area contributed by atoms with Crippen molar-refractivity contribution in [2.75, 3.05) is 5.33 Å². The van der Waals surface area contributed by atoms with Gasteiger partial charge in [0.05, 0.1) is 0 Å². The van der Waals surface area contributed by atoms with Gasteiger partial charge in [0, 0.05) is 5.33 Å². The maximum absolute atomic E-state index is 3.86. The molecule has 0 heterocycles. The summed E-state index contributed by atoms with van der Waals surface area (Å²) >= 11 is 3.34. The number of hydrogen-bond acceptors (Lipinski definition) is 0. The summed E-state index contributed by atoms with van der Waals surface area (Å²) in [5, 5.41) is 0.917. The van der Waals surface area contributed by atoms with Crippen molar-refractivity contribution in [1.29, 1.82) is 0 Å². The van der Waals surface area contributed by atoms with Crippen LogP contribution in [0.25, 0.3) is 0 Å². The van der Waals surface area contributed by atoms with E-state index in [9.17, 15) is 0 Å². The molecule has 0 unspecified atom stereocenters. The van der Waals surface area contributed by atoms with Gasteiger partial charge in [-0.2, -0.15) is 0 Å². The van der Waals surface area contributed by atoms with E-state index in [-0.39, 0.29) is 0 Å². The first-order valence-corrected chi connectivity index (χ1v) is 4.16. The Bertz CT molecular complexity index is 114. The van der Waals surface area contributed by atoms with Gasteiger partial charge in [-0.1, -0.05) is 33.7 Å². The third kappa shape index (κ3) is 5.84. The Morgan fingerprint density at radius 2 is 1.89 bits per heavy atom. The van der Waals surface area contributed by atoms with Gasteiger partial charge in [-0.15, -0.1) is 6.58 Å². The molecule has 0 radical (unpaired) electrons. The van der Waals surface area contributed by atoms with Gasteiger partial charge in [-0.25, -0.2) is 0 Å². The summed E-state index contributed by atoms with van der Waals surface area (Å²) in [5.41, 5.74) is 2.48. The minimum Gasteiger partial charge on any atom is -0.100 e. The van der Waals surface area contributed by atoms with Gasteiger partial charge < -0.3 is 0 Å². The normalized spacial score (nSPS) is 9.11. The zero-order valence-corrected chi connectivity index (χ0v) is 7.50. The van der Waals surface area contributed by atoms with E-state index in [0.717, 1.165) is 18.2 Å². The van der Waals surface area contributed by atoms with Crippen molar-refractivity contribution in [2.45, 2.75) is 19.8 Å². The lowest BCUT2D eigenvalue weighted by molar-refractivity contribution is 0.938. The molecule has 0 saturated carbocycles. The van der Waals surface area contributed by atoms with Crippen molar-refractivity contribution in [3.05, 3.63) is 24.3 Å². The van der Waals surface area contributed by atoms with Gasteiger partial charge in [0.25, 0.3) is 0 Å². The first-order valence-electron chi connectivity index (χ1n) is 3.04. The largest absolute Gasteiger partial charge is 0.100 e. The van der Waals surface area contributed by atoms with Crippen LogP contribution in [-0.4, -0.2) is 5.33 Å². The summed E-state index contributed by atoms with van der Waals surface area (Å²) in [7, 11) is 0. The molecule has 0 aromatic carbocycles. The molecule has 0 aliphatic heterocycles. The van der Waals surface area contributed by atoms with E-state index in [4.69, 9.17) is 0 Å². The highest BCUT2D eigenvalue weighted by molar-refractivity contribution is 9.09. The quantitative estimate of drug-likeness (QED) is 0.470. The van der Waals surface area contributed by atoms with Gasteiger partial charge in [0.15, 0.2) is 0 Å². The lowest BCUT2D eigenvalue weighted by Crippen LogP contribution is -1.82. The van der Waals surface area contributed by atoms with E-state index >= 15 is 0 Å². The number of allylic oxidation sites excluding steroid dienone is 2. The van der Waals surface area contributed by atoms with Crippen molar-refractivity contribution in [1.82, 2.24) is 0 Å². The van der Waals surface area contributed by atoms with Crippen LogP contribution in [0.4, 0.5) is 0 Å². The van der Waals surface area contributed by atoms with Crippen LogP contribution in [0, 0.1) is 0 Å². The van der Waals surface area contributed by atoms with E-state index in [0.29, 0.717) is 0 Å². The Hall–Kier alpha value is -0.0400. The molecule has 0 spiro atoms. The fraction of sp³-hybridized carbons (Fsp3) is 0.500. The van der Waals surface area contributed by atoms with Gasteiger partial charge in [0.1, 0.15) is 0 Å². The van der Waals surface area contributed by atoms with Crippen molar-refractivity contribution in [2.24, 2.45) is 0 Å². The van der Waals surface area contributed by atoms with Crippen LogP contribution in [-0.2, 0) is 0 Å². The Balaban J connectivity index is 3.28. The Morgan fingerprint density at radius 3 is 2.22 bits per heavy atom. The lowest BCUT2D eigenvalue weighted by atomic mass is 10.1. The summed E-state index contributed by atoms with van der Waals surface area (Å²) in [6, 6.07) is 0. The fourth-order valence-corrected chi connectivity index (χ4v) is 0.737. The molecule has 0 atom stereocenters. The molecule has 0 aliphatic rings. The smallest absolute Gasteiger partial charge is 0.0239 e. The molecule has 1 heteroatoms. The number of hydrogen-bond donors (Lipinski definition) is 0. The van der Waals surface area contributed by atoms with E-state index in [1.54, 1.807) is 0 Å². The van der Waals surface area contributed by atoms with Crippen molar-refractivity contribution in [3.63, 3.8) is 0 Å². The second-order valence-electron chi connectivity index (χ2n) is 2.34. The number of halogens is 1. The summed E-state index contributed by atoms with van der Waals surface area (Å²) < 4.78 is 0. The van der Waals surface area contributed by atoms with Gasteiger partial charge in [0.2, 0.25) is 0 Å². The van der Waals surface area contributed by atoms with Crippen molar-refractivity contribution in [3.8, 4) is 0 Å². The van der Waals surface area contributed by atoms with Crippen LogP contribution in [0.1, 0.15) is 19.8 Å². The predicted molar refractivity (Wildman–Crippen MR) is 47.0 cm³/mol. The second kappa shape index (κ2) is 4.80. The monoisotopic (exact) mass is 188 g/mol. The fourth-order valence-electron chi connectivity index (χ4n) is 0.457. The molecule has 0 N–H and O–H groups in total. The van der Waals surface area contributed by atoms with Crippen molar-refractivity contribution < 1.29 is 0 Å². The highest BCUT2D eigenvalue weighted by Crippen LogP contribution is 2.09. The average Bonchev–Trinajstić information content (AvgIpc) is 1.83. The molecule has 0 amide bonds. The molecule has 52 valence electrons. The van der Waals surface area contributed by atoms with Crippen LogP contribution in [0.2, 0.25) is 0 Å². The average molecular weight is 189 g/mol. The number of alkyl halides is 1. The maximum atomic E-state index is 3.86. The topological polar surface area (TPSA) is 0 Å². The highest BCUT2D eigenvalue weighted by Gasteiger charge is 1.90. The molecule has 0 nitrogen and oxygen atoms in total. The predicted octanol–water partition coefficient (Wildman–Crippen LogP) is 3.29. The van der Waals surface area contributed by atoms with E-state index in [1.165, 1.54) is 11.1 Å². The van der Waals surface area contributed by atoms with Crippen LogP contribution in [0.15, 0.2) is 24.3 Å². The van der Waals surface area contributed by atoms with E-state index in [1.807, 2.05) is 6.92 Å². The molecule has 0 saturated heterocycles. The molecular weight excluding hydrogens is 176 g/mol. The van der Waals surface area contributed by atoms with Crippen LogP contribution >= 0.6 is 15.9 Å². The maximum Gasteiger partial charge on any atom is 0.0239 e. The highest BCUT2D eigenvalue weighted by atomic mass is 79.9. The van der Waals surface area contributed by atoms with E-state index < -0.39 is 0 Å². The molecule has 0 bridgehead atoms. The third-order valence-corrected chi connectivity index (χ3v) is 1.89. The van der Waals surface area contributed by atoms with Crippen molar-refractivity contribution >= 4 is 15.9 Å². The Labute approximate surface area is 65.8 Å². The van der Waals surface area contributed by atoms with Crippen LogP contribution < -0.4 is 0 Å². The molecule has 0 aromatic rings. The zero-order chi connectivity index (χ0) is 7.28. The zero-order valence-electron chi connectivity index (χ0n) is 5.91. The number of rotatable bonds is 4. The third-order valence-electron chi connectivity index (χ3n) is 1.09. The summed E-state index contributed by atoms with van der Waals surface area (Å²) in [6.07, 6.45) is 2.14. The van der Waals surface area contributed by atoms with Gasteiger partial charge in [-0.3, -0.25) is 0 Å². The van der Waals surface area contributed by atoms with Crippen LogP contribution in [0.5, 0.6) is 0 Å². The lowest BCUT2D eigenvalue weighted by Gasteiger charge is -1.98.